The van der Waals surface area contributed by atoms with Crippen LogP contribution in [0.1, 0.15) is 35.4 Å². The van der Waals surface area contributed by atoms with Crippen LogP contribution in [0.15, 0.2) is 12.4 Å². The van der Waals surface area contributed by atoms with Crippen molar-refractivity contribution in [1.29, 1.82) is 0 Å². The zero-order chi connectivity index (χ0) is 20.8. The SMILES string of the molecule is Cc1cnc(C(=O)NCCN(C2CCOCC2)C2CCN(C(=O)N(C)C)C2)cn1. The number of nitrogens with zero attached hydrogens (tertiary/aromatic N) is 5. The van der Waals surface area contributed by atoms with Crippen LogP contribution in [0.25, 0.3) is 0 Å². The molecular formula is C20H32N6O3. The summed E-state index contributed by atoms with van der Waals surface area (Å²) in [5.74, 6) is -0.208. The Morgan fingerprint density at radius 2 is 1.93 bits per heavy atom. The highest BCUT2D eigenvalue weighted by atomic mass is 16.5. The van der Waals surface area contributed by atoms with Gasteiger partial charge < -0.3 is 19.9 Å². The van der Waals surface area contributed by atoms with E-state index in [9.17, 15) is 9.59 Å². The third kappa shape index (κ3) is 5.63. The summed E-state index contributed by atoms with van der Waals surface area (Å²) < 4.78 is 5.53. The van der Waals surface area contributed by atoms with E-state index in [0.29, 0.717) is 24.3 Å². The van der Waals surface area contributed by atoms with Crippen molar-refractivity contribution in [2.24, 2.45) is 0 Å². The Morgan fingerprint density at radius 3 is 2.59 bits per heavy atom. The maximum absolute atomic E-state index is 12.3. The molecule has 1 aromatic rings. The molecule has 29 heavy (non-hydrogen) atoms. The van der Waals surface area contributed by atoms with Crippen molar-refractivity contribution in [3.63, 3.8) is 0 Å². The number of carbonyl (C=O) groups excluding carboxylic acids is 2. The van der Waals surface area contributed by atoms with Gasteiger partial charge in [0.1, 0.15) is 5.69 Å². The van der Waals surface area contributed by atoms with Crippen molar-refractivity contribution >= 4 is 11.9 Å². The van der Waals surface area contributed by atoms with Crippen molar-refractivity contribution < 1.29 is 14.3 Å². The maximum atomic E-state index is 12.3. The lowest BCUT2D eigenvalue weighted by Gasteiger charge is -2.38. The quantitative estimate of drug-likeness (QED) is 0.753. The zero-order valence-electron chi connectivity index (χ0n) is 17.6. The molecule has 1 aromatic heterocycles. The van der Waals surface area contributed by atoms with Crippen LogP contribution in [0, 0.1) is 6.92 Å². The summed E-state index contributed by atoms with van der Waals surface area (Å²) in [6.07, 6.45) is 6.01. The Morgan fingerprint density at radius 1 is 1.17 bits per heavy atom. The molecule has 1 unspecified atom stereocenters. The molecule has 0 spiro atoms. The van der Waals surface area contributed by atoms with E-state index in [0.717, 1.165) is 57.8 Å². The fourth-order valence-electron chi connectivity index (χ4n) is 4.05. The van der Waals surface area contributed by atoms with Crippen LogP contribution in [0.4, 0.5) is 4.79 Å². The second kappa shape index (κ2) is 9.98. The normalized spacial score (nSPS) is 20.1. The zero-order valence-corrected chi connectivity index (χ0v) is 17.6. The lowest BCUT2D eigenvalue weighted by atomic mass is 10.0. The first-order valence-corrected chi connectivity index (χ1v) is 10.3. The highest BCUT2D eigenvalue weighted by molar-refractivity contribution is 5.91. The molecule has 0 bridgehead atoms. The first-order valence-electron chi connectivity index (χ1n) is 10.3. The molecule has 0 aliphatic carbocycles. The van der Waals surface area contributed by atoms with Gasteiger partial charge in [0.2, 0.25) is 0 Å². The van der Waals surface area contributed by atoms with Crippen LogP contribution in [-0.2, 0) is 4.74 Å². The van der Waals surface area contributed by atoms with Gasteiger partial charge in [-0.2, -0.15) is 0 Å². The summed E-state index contributed by atoms with van der Waals surface area (Å²) in [6, 6.07) is 0.781. The van der Waals surface area contributed by atoms with Gasteiger partial charge in [0, 0.05) is 71.8 Å². The molecule has 3 heterocycles. The van der Waals surface area contributed by atoms with E-state index in [1.165, 1.54) is 6.20 Å². The number of carbonyl (C=O) groups is 2. The topological polar surface area (TPSA) is 90.9 Å². The Balaban J connectivity index is 1.58. The number of aryl methyl sites for hydroxylation is 1. The second-order valence-corrected chi connectivity index (χ2v) is 7.95. The molecule has 1 atom stereocenters. The molecule has 0 aromatic carbocycles. The van der Waals surface area contributed by atoms with E-state index in [1.54, 1.807) is 25.2 Å². The molecule has 1 N–H and O–H groups in total. The van der Waals surface area contributed by atoms with Gasteiger partial charge in [-0.15, -0.1) is 0 Å². The molecule has 2 aliphatic rings. The number of likely N-dealkylation sites (tertiary alicyclic amines) is 1. The minimum Gasteiger partial charge on any atom is -0.381 e. The van der Waals surface area contributed by atoms with Crippen LogP contribution in [0.5, 0.6) is 0 Å². The smallest absolute Gasteiger partial charge is 0.319 e. The summed E-state index contributed by atoms with van der Waals surface area (Å²) in [4.78, 5) is 38.9. The summed E-state index contributed by atoms with van der Waals surface area (Å²) in [5.41, 5.74) is 1.11. The van der Waals surface area contributed by atoms with Gasteiger partial charge in [-0.1, -0.05) is 0 Å². The number of hydrogen-bond acceptors (Lipinski definition) is 6. The minimum absolute atomic E-state index is 0.0608. The maximum Gasteiger partial charge on any atom is 0.319 e. The van der Waals surface area contributed by atoms with E-state index in [1.807, 2.05) is 11.8 Å². The van der Waals surface area contributed by atoms with Crippen molar-refractivity contribution in [2.75, 3.05) is 53.5 Å². The van der Waals surface area contributed by atoms with E-state index < -0.39 is 0 Å². The van der Waals surface area contributed by atoms with Crippen molar-refractivity contribution in [3.8, 4) is 0 Å². The Bertz CT molecular complexity index is 690. The van der Waals surface area contributed by atoms with Crippen LogP contribution >= 0.6 is 0 Å². The molecule has 3 amide bonds. The third-order valence-corrected chi connectivity index (χ3v) is 5.61. The lowest BCUT2D eigenvalue weighted by Crippen LogP contribution is -2.50. The van der Waals surface area contributed by atoms with Gasteiger partial charge in [0.05, 0.1) is 11.9 Å². The van der Waals surface area contributed by atoms with Crippen LogP contribution in [-0.4, -0.2) is 102 Å². The van der Waals surface area contributed by atoms with Gasteiger partial charge >= 0.3 is 6.03 Å². The fraction of sp³-hybridized carbons (Fsp3) is 0.700. The molecule has 2 aliphatic heterocycles. The van der Waals surface area contributed by atoms with Crippen LogP contribution in [0.3, 0.4) is 0 Å². The average Bonchev–Trinajstić information content (AvgIpc) is 3.21. The monoisotopic (exact) mass is 404 g/mol. The average molecular weight is 405 g/mol. The highest BCUT2D eigenvalue weighted by Crippen LogP contribution is 2.23. The Kier molecular flexibility index (Phi) is 7.38. The van der Waals surface area contributed by atoms with Crippen molar-refractivity contribution in [2.45, 2.75) is 38.3 Å². The predicted molar refractivity (Wildman–Crippen MR) is 109 cm³/mol. The van der Waals surface area contributed by atoms with Gasteiger partial charge in [-0.3, -0.25) is 14.7 Å². The minimum atomic E-state index is -0.208. The summed E-state index contributed by atoms with van der Waals surface area (Å²) in [5, 5.41) is 2.96. The van der Waals surface area contributed by atoms with Crippen LogP contribution < -0.4 is 5.32 Å². The second-order valence-electron chi connectivity index (χ2n) is 7.95. The van der Waals surface area contributed by atoms with Gasteiger partial charge in [-0.25, -0.2) is 9.78 Å². The van der Waals surface area contributed by atoms with Gasteiger partial charge in [0.25, 0.3) is 5.91 Å². The number of ether oxygens (including phenoxy) is 1. The lowest BCUT2D eigenvalue weighted by molar-refractivity contribution is 0.0188. The van der Waals surface area contributed by atoms with E-state index >= 15 is 0 Å². The number of rotatable bonds is 6. The molecule has 0 radical (unpaired) electrons. The highest BCUT2D eigenvalue weighted by Gasteiger charge is 2.34. The Labute approximate surface area is 172 Å². The predicted octanol–water partition coefficient (Wildman–Crippen LogP) is 0.752. The summed E-state index contributed by atoms with van der Waals surface area (Å²) in [7, 11) is 3.57. The van der Waals surface area contributed by atoms with E-state index in [2.05, 4.69) is 20.2 Å². The van der Waals surface area contributed by atoms with Gasteiger partial charge in [-0.05, 0) is 26.2 Å². The number of urea groups is 1. The molecule has 0 saturated carbocycles. The summed E-state index contributed by atoms with van der Waals surface area (Å²) in [6.45, 7) is 6.14. The molecule has 9 nitrogen and oxygen atoms in total. The Hall–Kier alpha value is -2.26. The number of amides is 3. The van der Waals surface area contributed by atoms with Gasteiger partial charge in [0.15, 0.2) is 0 Å². The third-order valence-electron chi connectivity index (χ3n) is 5.61. The standard InChI is InChI=1S/C20H32N6O3/c1-15-12-23-18(13-22-15)19(27)21-7-9-26(16-5-10-29-11-6-16)17-4-8-25(14-17)20(28)24(2)3/h12-13,16-17H,4-11,14H2,1-3H3,(H,21,27). The number of nitrogens with one attached hydrogen (secondary N) is 1. The molecule has 2 fully saturated rings. The molecular weight excluding hydrogens is 372 g/mol. The first-order chi connectivity index (χ1) is 14.0. The molecule has 3 rings (SSSR count). The fourth-order valence-corrected chi connectivity index (χ4v) is 4.05. The van der Waals surface area contributed by atoms with E-state index in [4.69, 9.17) is 4.74 Å². The van der Waals surface area contributed by atoms with E-state index in [-0.39, 0.29) is 11.9 Å². The van der Waals surface area contributed by atoms with Crippen molar-refractivity contribution in [3.05, 3.63) is 23.8 Å². The molecule has 160 valence electrons. The number of hydrogen-bond donors (Lipinski definition) is 1. The van der Waals surface area contributed by atoms with Crippen LogP contribution in [0.2, 0.25) is 0 Å². The molecule has 9 heteroatoms. The first kappa shape index (κ1) is 21.4. The summed E-state index contributed by atoms with van der Waals surface area (Å²) >= 11 is 0. The van der Waals surface area contributed by atoms with Crippen molar-refractivity contribution in [1.82, 2.24) is 30.0 Å². The number of aromatic nitrogens is 2. The largest absolute Gasteiger partial charge is 0.381 e. The molecule has 2 saturated heterocycles.